The standard InChI is InChI=1S/C16H16N6O5S2/c17-16-19-11(21-29-16)9(20-27-7-3-1-2-4-7)12(23)18-10-13(24)22-8(15(25)26)5-6-28-14(10)22/h3,5,10,14H,1-2,4,6H2,(H,18,23)(H,25,26)(H2,17,19,21)/t10?,14-/m1/s1. The Bertz CT molecular complexity index is 971. The van der Waals surface area contributed by atoms with Crippen molar-refractivity contribution < 1.29 is 24.3 Å². The maximum Gasteiger partial charge on any atom is 0.352 e. The van der Waals surface area contributed by atoms with Crippen molar-refractivity contribution in [2.75, 3.05) is 11.5 Å². The second kappa shape index (κ2) is 7.83. The van der Waals surface area contributed by atoms with Crippen LogP contribution in [0.2, 0.25) is 0 Å². The number of aromatic nitrogens is 2. The van der Waals surface area contributed by atoms with Gasteiger partial charge in [-0.1, -0.05) is 5.16 Å². The number of nitrogens with one attached hydrogen (secondary N) is 1. The highest BCUT2D eigenvalue weighted by Crippen LogP contribution is 2.37. The molecule has 1 aliphatic carbocycles. The van der Waals surface area contributed by atoms with Gasteiger partial charge in [0, 0.05) is 23.7 Å². The van der Waals surface area contributed by atoms with Gasteiger partial charge in [-0.15, -0.1) is 11.8 Å². The van der Waals surface area contributed by atoms with E-state index in [4.69, 9.17) is 10.6 Å². The molecule has 1 aromatic heterocycles. The number of allylic oxidation sites excluding steroid dienone is 2. The van der Waals surface area contributed by atoms with Crippen LogP contribution in [0, 0.1) is 0 Å². The van der Waals surface area contributed by atoms with Gasteiger partial charge in [0.25, 0.3) is 11.8 Å². The molecule has 3 aliphatic rings. The molecule has 29 heavy (non-hydrogen) atoms. The van der Waals surface area contributed by atoms with Gasteiger partial charge in [-0.2, -0.15) is 9.36 Å². The number of amides is 2. The van der Waals surface area contributed by atoms with Crippen LogP contribution in [0.4, 0.5) is 5.13 Å². The van der Waals surface area contributed by atoms with E-state index in [9.17, 15) is 19.5 Å². The lowest BCUT2D eigenvalue weighted by molar-refractivity contribution is -0.150. The number of thioether (sulfide) groups is 1. The van der Waals surface area contributed by atoms with Crippen molar-refractivity contribution in [2.24, 2.45) is 5.16 Å². The third-order valence-electron chi connectivity index (χ3n) is 4.47. The van der Waals surface area contributed by atoms with Crippen molar-refractivity contribution in [1.82, 2.24) is 19.6 Å². The number of fused-ring (bicyclic) bond motifs is 1. The van der Waals surface area contributed by atoms with Gasteiger partial charge in [-0.3, -0.25) is 14.5 Å². The summed E-state index contributed by atoms with van der Waals surface area (Å²) in [5.74, 6) is -1.33. The van der Waals surface area contributed by atoms with Crippen LogP contribution in [-0.2, 0) is 19.2 Å². The monoisotopic (exact) mass is 436 g/mol. The molecule has 2 atom stereocenters. The second-order valence-electron chi connectivity index (χ2n) is 6.33. The van der Waals surface area contributed by atoms with Crippen LogP contribution < -0.4 is 11.1 Å². The normalized spacial score (nSPS) is 23.7. The van der Waals surface area contributed by atoms with Crippen LogP contribution in [0.1, 0.15) is 25.1 Å². The highest BCUT2D eigenvalue weighted by Gasteiger charge is 2.53. The Morgan fingerprint density at radius 3 is 2.90 bits per heavy atom. The van der Waals surface area contributed by atoms with Crippen LogP contribution >= 0.6 is 23.3 Å². The molecule has 4 rings (SSSR count). The number of anilines is 1. The van der Waals surface area contributed by atoms with Gasteiger partial charge < -0.3 is 21.0 Å². The van der Waals surface area contributed by atoms with Crippen LogP contribution in [-0.4, -0.2) is 60.0 Å². The predicted octanol–water partition coefficient (Wildman–Crippen LogP) is 0.277. The third kappa shape index (κ3) is 3.70. The molecule has 4 N–H and O–H groups in total. The first kappa shape index (κ1) is 19.4. The van der Waals surface area contributed by atoms with Gasteiger partial charge in [0.05, 0.1) is 0 Å². The van der Waals surface area contributed by atoms with E-state index < -0.39 is 29.2 Å². The molecule has 0 radical (unpaired) electrons. The molecule has 11 nitrogen and oxygen atoms in total. The Hall–Kier alpha value is -2.93. The maximum absolute atomic E-state index is 12.8. The Labute approximate surface area is 172 Å². The molecule has 0 spiro atoms. The fraction of sp³-hybridized carbons (Fsp3) is 0.375. The minimum atomic E-state index is -1.18. The summed E-state index contributed by atoms with van der Waals surface area (Å²) in [5, 5.41) is 15.4. The minimum Gasteiger partial charge on any atom is -0.477 e. The number of nitrogen functional groups attached to an aromatic ring is 1. The van der Waals surface area contributed by atoms with Gasteiger partial charge in [0.15, 0.2) is 5.13 Å². The van der Waals surface area contributed by atoms with E-state index in [1.165, 1.54) is 17.8 Å². The smallest absolute Gasteiger partial charge is 0.352 e. The van der Waals surface area contributed by atoms with Crippen LogP contribution in [0.3, 0.4) is 0 Å². The van der Waals surface area contributed by atoms with E-state index in [0.717, 1.165) is 29.3 Å². The number of nitrogens with two attached hydrogens (primary N) is 1. The average molecular weight is 436 g/mol. The Balaban J connectivity index is 1.51. The molecular formula is C16H16N6O5S2. The first-order chi connectivity index (χ1) is 14.0. The first-order valence-corrected chi connectivity index (χ1v) is 10.5. The molecule has 2 aliphatic heterocycles. The summed E-state index contributed by atoms with van der Waals surface area (Å²) in [7, 11) is 0. The molecule has 0 saturated carbocycles. The van der Waals surface area contributed by atoms with E-state index in [0.29, 0.717) is 17.9 Å². The van der Waals surface area contributed by atoms with Crippen molar-refractivity contribution in [3.8, 4) is 0 Å². The molecular weight excluding hydrogens is 420 g/mol. The second-order valence-corrected chi connectivity index (χ2v) is 8.26. The number of oxime groups is 1. The fourth-order valence-electron chi connectivity index (χ4n) is 3.09. The highest BCUT2D eigenvalue weighted by molar-refractivity contribution is 8.00. The summed E-state index contributed by atoms with van der Waals surface area (Å²) in [6.45, 7) is 0. The highest BCUT2D eigenvalue weighted by atomic mass is 32.2. The molecule has 2 amide bonds. The van der Waals surface area contributed by atoms with Crippen molar-refractivity contribution in [2.45, 2.75) is 30.7 Å². The number of carbonyl (C=O) groups excluding carboxylic acids is 2. The van der Waals surface area contributed by atoms with Gasteiger partial charge in [0.1, 0.15) is 22.9 Å². The molecule has 13 heteroatoms. The number of nitrogens with zero attached hydrogens (tertiary/aromatic N) is 4. The summed E-state index contributed by atoms with van der Waals surface area (Å²) in [6, 6.07) is -0.887. The fourth-order valence-corrected chi connectivity index (χ4v) is 4.72. The van der Waals surface area contributed by atoms with Gasteiger partial charge in [-0.25, -0.2) is 4.79 Å². The number of rotatable bonds is 6. The Kier molecular flexibility index (Phi) is 5.24. The van der Waals surface area contributed by atoms with Crippen LogP contribution in [0.15, 0.2) is 28.8 Å². The molecule has 152 valence electrons. The molecule has 3 heterocycles. The number of aliphatic carboxylic acids is 1. The SMILES string of the molecule is Nc1nc(C(=NOC2=CCCC2)C(=O)NC2C(=O)N3C(C(=O)O)=CCS[C@H]23)ns1. The lowest BCUT2D eigenvalue weighted by Crippen LogP contribution is -2.70. The maximum atomic E-state index is 12.8. The number of hydrogen-bond donors (Lipinski definition) is 3. The van der Waals surface area contributed by atoms with Gasteiger partial charge in [-0.05, 0) is 25.0 Å². The molecule has 1 unspecified atom stereocenters. The Morgan fingerprint density at radius 2 is 2.24 bits per heavy atom. The molecule has 0 bridgehead atoms. The Morgan fingerprint density at radius 1 is 1.41 bits per heavy atom. The van der Waals surface area contributed by atoms with Gasteiger partial charge in [0.2, 0.25) is 11.5 Å². The van der Waals surface area contributed by atoms with Crippen molar-refractivity contribution in [3.05, 3.63) is 29.4 Å². The molecule has 1 aromatic rings. The molecule has 1 saturated heterocycles. The summed E-state index contributed by atoms with van der Waals surface area (Å²) in [6.07, 6.45) is 5.88. The van der Waals surface area contributed by atoms with Crippen molar-refractivity contribution >= 4 is 51.9 Å². The van der Waals surface area contributed by atoms with E-state index in [2.05, 4.69) is 19.8 Å². The average Bonchev–Trinajstić information content (AvgIpc) is 3.37. The van der Waals surface area contributed by atoms with E-state index in [-0.39, 0.29) is 22.4 Å². The van der Waals surface area contributed by atoms with E-state index in [1.807, 2.05) is 6.08 Å². The predicted molar refractivity (Wildman–Crippen MR) is 105 cm³/mol. The van der Waals surface area contributed by atoms with Crippen molar-refractivity contribution in [1.29, 1.82) is 0 Å². The zero-order valence-corrected chi connectivity index (χ0v) is 16.5. The number of carbonyl (C=O) groups is 3. The number of β-lactam (4-membered cyclic amide) rings is 1. The lowest BCUT2D eigenvalue weighted by atomic mass is 10.0. The zero-order valence-electron chi connectivity index (χ0n) is 14.9. The largest absolute Gasteiger partial charge is 0.477 e. The summed E-state index contributed by atoms with van der Waals surface area (Å²) >= 11 is 2.26. The minimum absolute atomic E-state index is 0.00496. The van der Waals surface area contributed by atoms with E-state index in [1.54, 1.807) is 0 Å². The zero-order chi connectivity index (χ0) is 20.5. The van der Waals surface area contributed by atoms with Crippen molar-refractivity contribution in [3.63, 3.8) is 0 Å². The number of hydrogen-bond acceptors (Lipinski definition) is 10. The summed E-state index contributed by atoms with van der Waals surface area (Å²) in [5.41, 5.74) is 5.32. The number of carboxylic acid groups (broad SMARTS) is 1. The third-order valence-corrected chi connectivity index (χ3v) is 6.20. The molecule has 0 aromatic carbocycles. The van der Waals surface area contributed by atoms with E-state index >= 15 is 0 Å². The molecule has 1 fully saturated rings. The first-order valence-electron chi connectivity index (χ1n) is 8.68. The summed E-state index contributed by atoms with van der Waals surface area (Å²) in [4.78, 5) is 47.1. The topological polar surface area (TPSA) is 160 Å². The van der Waals surface area contributed by atoms with Gasteiger partial charge >= 0.3 is 5.97 Å². The number of carboxylic acids is 1. The summed E-state index contributed by atoms with van der Waals surface area (Å²) < 4.78 is 4.00. The van der Waals surface area contributed by atoms with Crippen LogP contribution in [0.25, 0.3) is 0 Å². The van der Waals surface area contributed by atoms with Crippen LogP contribution in [0.5, 0.6) is 0 Å². The lowest BCUT2D eigenvalue weighted by Gasteiger charge is -2.48. The quantitative estimate of drug-likeness (QED) is 0.323.